The lowest BCUT2D eigenvalue weighted by Gasteiger charge is -2.10. The standard InChI is InChI=1S/C15H18N2O2/c18-15(19)12-6-3-7-14-13(12)8-11(17-14)9-16-10-4-1-2-5-10/h3,6-8,10,16-17H,1-2,4-5,9H2,(H,18,19). The average molecular weight is 258 g/mol. The van der Waals surface area contributed by atoms with Crippen molar-refractivity contribution in [1.29, 1.82) is 0 Å². The van der Waals surface area contributed by atoms with Crippen LogP contribution in [-0.2, 0) is 6.54 Å². The van der Waals surface area contributed by atoms with Gasteiger partial charge in [0.25, 0.3) is 0 Å². The van der Waals surface area contributed by atoms with E-state index < -0.39 is 5.97 Å². The zero-order valence-electron chi connectivity index (χ0n) is 10.8. The largest absolute Gasteiger partial charge is 0.478 e. The van der Waals surface area contributed by atoms with Crippen molar-refractivity contribution in [1.82, 2.24) is 10.3 Å². The van der Waals surface area contributed by atoms with Crippen LogP contribution in [0.1, 0.15) is 41.7 Å². The Labute approximate surface area is 111 Å². The smallest absolute Gasteiger partial charge is 0.336 e. The van der Waals surface area contributed by atoms with Crippen molar-refractivity contribution in [2.45, 2.75) is 38.3 Å². The fourth-order valence-electron chi connectivity index (χ4n) is 2.88. The molecule has 0 bridgehead atoms. The number of nitrogens with one attached hydrogen (secondary N) is 2. The number of carbonyl (C=O) groups is 1. The average Bonchev–Trinajstić information content (AvgIpc) is 3.04. The Kier molecular flexibility index (Phi) is 3.25. The number of carboxylic acid groups (broad SMARTS) is 1. The van der Waals surface area contributed by atoms with Crippen molar-refractivity contribution in [3.8, 4) is 0 Å². The van der Waals surface area contributed by atoms with Gasteiger partial charge in [0, 0.05) is 29.2 Å². The summed E-state index contributed by atoms with van der Waals surface area (Å²) in [5, 5.41) is 13.5. The van der Waals surface area contributed by atoms with E-state index in [1.165, 1.54) is 25.7 Å². The third-order valence-corrected chi connectivity index (χ3v) is 3.89. The van der Waals surface area contributed by atoms with Gasteiger partial charge in [0.2, 0.25) is 0 Å². The van der Waals surface area contributed by atoms with Crippen LogP contribution in [-0.4, -0.2) is 22.1 Å². The zero-order valence-corrected chi connectivity index (χ0v) is 10.8. The lowest BCUT2D eigenvalue weighted by Crippen LogP contribution is -2.25. The van der Waals surface area contributed by atoms with Gasteiger partial charge in [-0.05, 0) is 31.0 Å². The molecule has 0 aliphatic heterocycles. The third-order valence-electron chi connectivity index (χ3n) is 3.89. The van der Waals surface area contributed by atoms with Crippen LogP contribution in [0.2, 0.25) is 0 Å². The van der Waals surface area contributed by atoms with Crippen molar-refractivity contribution in [3.05, 3.63) is 35.5 Å². The van der Waals surface area contributed by atoms with Crippen molar-refractivity contribution < 1.29 is 9.90 Å². The molecule has 0 saturated heterocycles. The molecule has 1 aromatic heterocycles. The van der Waals surface area contributed by atoms with Gasteiger partial charge in [-0.3, -0.25) is 0 Å². The van der Waals surface area contributed by atoms with Crippen LogP contribution in [0, 0.1) is 0 Å². The highest BCUT2D eigenvalue weighted by atomic mass is 16.4. The third kappa shape index (κ3) is 2.49. The first-order valence-corrected chi connectivity index (χ1v) is 6.81. The number of benzene rings is 1. The van der Waals surface area contributed by atoms with Crippen LogP contribution in [0.5, 0.6) is 0 Å². The van der Waals surface area contributed by atoms with Crippen LogP contribution in [0.3, 0.4) is 0 Å². The molecule has 0 spiro atoms. The molecule has 0 radical (unpaired) electrons. The summed E-state index contributed by atoms with van der Waals surface area (Å²) in [4.78, 5) is 14.5. The Hall–Kier alpha value is -1.81. The number of fused-ring (bicyclic) bond motifs is 1. The quantitative estimate of drug-likeness (QED) is 0.790. The summed E-state index contributed by atoms with van der Waals surface area (Å²) in [5.41, 5.74) is 2.31. The second-order valence-corrected chi connectivity index (χ2v) is 5.23. The van der Waals surface area contributed by atoms with E-state index in [-0.39, 0.29) is 0 Å². The first-order chi connectivity index (χ1) is 9.24. The first-order valence-electron chi connectivity index (χ1n) is 6.81. The minimum Gasteiger partial charge on any atom is -0.478 e. The van der Waals surface area contributed by atoms with Gasteiger partial charge in [0.1, 0.15) is 0 Å². The number of H-pyrrole nitrogens is 1. The molecule has 1 aromatic carbocycles. The number of aromatic nitrogens is 1. The van der Waals surface area contributed by atoms with E-state index in [1.54, 1.807) is 12.1 Å². The van der Waals surface area contributed by atoms with Gasteiger partial charge in [-0.25, -0.2) is 4.79 Å². The maximum Gasteiger partial charge on any atom is 0.336 e. The van der Waals surface area contributed by atoms with E-state index in [0.29, 0.717) is 11.6 Å². The summed E-state index contributed by atoms with van der Waals surface area (Å²) in [5.74, 6) is -0.875. The Bertz CT molecular complexity index is 597. The van der Waals surface area contributed by atoms with E-state index in [4.69, 9.17) is 5.11 Å². The van der Waals surface area contributed by atoms with Gasteiger partial charge in [0.05, 0.1) is 5.56 Å². The molecule has 1 aliphatic rings. The molecule has 0 amide bonds. The second kappa shape index (κ2) is 5.05. The zero-order chi connectivity index (χ0) is 13.2. The highest BCUT2D eigenvalue weighted by Crippen LogP contribution is 2.21. The Morgan fingerprint density at radius 1 is 1.37 bits per heavy atom. The molecule has 0 atom stereocenters. The molecule has 2 aromatic rings. The van der Waals surface area contributed by atoms with Gasteiger partial charge in [-0.2, -0.15) is 0 Å². The van der Waals surface area contributed by atoms with Crippen molar-refractivity contribution >= 4 is 16.9 Å². The molecule has 4 nitrogen and oxygen atoms in total. The molecular weight excluding hydrogens is 240 g/mol. The van der Waals surface area contributed by atoms with E-state index in [9.17, 15) is 4.79 Å². The predicted molar refractivity (Wildman–Crippen MR) is 74.4 cm³/mol. The highest BCUT2D eigenvalue weighted by Gasteiger charge is 2.15. The van der Waals surface area contributed by atoms with Crippen molar-refractivity contribution in [2.24, 2.45) is 0 Å². The first kappa shape index (κ1) is 12.2. The molecule has 1 fully saturated rings. The van der Waals surface area contributed by atoms with E-state index in [0.717, 1.165) is 23.1 Å². The minimum atomic E-state index is -0.875. The fourth-order valence-corrected chi connectivity index (χ4v) is 2.88. The van der Waals surface area contributed by atoms with Gasteiger partial charge < -0.3 is 15.4 Å². The summed E-state index contributed by atoms with van der Waals surface area (Å²) >= 11 is 0. The number of hydrogen-bond acceptors (Lipinski definition) is 2. The summed E-state index contributed by atoms with van der Waals surface area (Å²) in [6, 6.07) is 7.90. The van der Waals surface area contributed by atoms with Crippen molar-refractivity contribution in [3.63, 3.8) is 0 Å². The monoisotopic (exact) mass is 258 g/mol. The van der Waals surface area contributed by atoms with E-state index >= 15 is 0 Å². The molecular formula is C15H18N2O2. The number of carboxylic acids is 1. The fraction of sp³-hybridized carbons (Fsp3) is 0.400. The summed E-state index contributed by atoms with van der Waals surface area (Å²) in [7, 11) is 0. The number of aromatic carboxylic acids is 1. The molecule has 0 unspecified atom stereocenters. The van der Waals surface area contributed by atoms with Gasteiger partial charge in [-0.15, -0.1) is 0 Å². The van der Waals surface area contributed by atoms with Crippen LogP contribution in [0.4, 0.5) is 0 Å². The molecule has 3 N–H and O–H groups in total. The Morgan fingerprint density at radius 3 is 2.89 bits per heavy atom. The summed E-state index contributed by atoms with van der Waals surface area (Å²) in [6.45, 7) is 0.776. The molecule has 100 valence electrons. The van der Waals surface area contributed by atoms with Gasteiger partial charge >= 0.3 is 5.97 Å². The Morgan fingerprint density at radius 2 is 2.16 bits per heavy atom. The lowest BCUT2D eigenvalue weighted by molar-refractivity contribution is 0.0699. The van der Waals surface area contributed by atoms with E-state index in [2.05, 4.69) is 10.3 Å². The summed E-state index contributed by atoms with van der Waals surface area (Å²) in [6.07, 6.45) is 5.13. The highest BCUT2D eigenvalue weighted by molar-refractivity contribution is 6.03. The van der Waals surface area contributed by atoms with Crippen LogP contribution < -0.4 is 5.32 Å². The van der Waals surface area contributed by atoms with E-state index in [1.807, 2.05) is 12.1 Å². The molecule has 19 heavy (non-hydrogen) atoms. The van der Waals surface area contributed by atoms with Gasteiger partial charge in [-0.1, -0.05) is 18.9 Å². The molecule has 4 heteroatoms. The molecule has 1 aliphatic carbocycles. The van der Waals surface area contributed by atoms with Crippen LogP contribution in [0.15, 0.2) is 24.3 Å². The predicted octanol–water partition coefficient (Wildman–Crippen LogP) is 2.90. The number of rotatable bonds is 4. The number of aromatic amines is 1. The molecule has 1 saturated carbocycles. The maximum absolute atomic E-state index is 11.2. The van der Waals surface area contributed by atoms with Crippen LogP contribution >= 0.6 is 0 Å². The Balaban J connectivity index is 1.80. The molecule has 3 rings (SSSR count). The topological polar surface area (TPSA) is 65.1 Å². The lowest BCUT2D eigenvalue weighted by atomic mass is 10.1. The molecule has 1 heterocycles. The SMILES string of the molecule is O=C(O)c1cccc2[nH]c(CNC3CCCC3)cc12. The normalized spacial score (nSPS) is 16.2. The van der Waals surface area contributed by atoms with Gasteiger partial charge in [0.15, 0.2) is 0 Å². The minimum absolute atomic E-state index is 0.362. The second-order valence-electron chi connectivity index (χ2n) is 5.23. The number of hydrogen-bond donors (Lipinski definition) is 3. The summed E-state index contributed by atoms with van der Waals surface area (Å²) < 4.78 is 0. The maximum atomic E-state index is 11.2. The van der Waals surface area contributed by atoms with Crippen molar-refractivity contribution in [2.75, 3.05) is 0 Å². The van der Waals surface area contributed by atoms with Crippen LogP contribution in [0.25, 0.3) is 10.9 Å².